The molecule has 0 radical (unpaired) electrons. The van der Waals surface area contributed by atoms with Gasteiger partial charge in [0.1, 0.15) is 5.60 Å². The Balaban J connectivity index is 1.66. The quantitative estimate of drug-likeness (QED) is 0.823. The number of rotatable bonds is 3. The van der Waals surface area contributed by atoms with Crippen molar-refractivity contribution in [2.45, 2.75) is 53.1 Å². The first-order valence-corrected chi connectivity index (χ1v) is 9.54. The van der Waals surface area contributed by atoms with Gasteiger partial charge in [-0.05, 0) is 53.5 Å². The van der Waals surface area contributed by atoms with E-state index in [0.29, 0.717) is 12.5 Å². The Morgan fingerprint density at radius 1 is 1.23 bits per heavy atom. The standard InChI is InChI=1S/C20H31N3O3/c1-6-25-17-12-16(11-15(2)21-17)22-9-7-20(13-22)8-10-23(14-20)18(24)26-19(3,4)5/h11-12H,6-10,13-14H2,1-5H3. The van der Waals surface area contributed by atoms with Crippen molar-refractivity contribution in [2.75, 3.05) is 37.7 Å². The van der Waals surface area contributed by atoms with Crippen molar-refractivity contribution >= 4 is 11.8 Å². The Hall–Kier alpha value is -1.98. The van der Waals surface area contributed by atoms with Gasteiger partial charge in [-0.1, -0.05) is 0 Å². The molecule has 0 bridgehead atoms. The summed E-state index contributed by atoms with van der Waals surface area (Å²) in [6, 6.07) is 4.14. The van der Waals surface area contributed by atoms with Crippen LogP contribution in [0.25, 0.3) is 0 Å². The molecule has 3 heterocycles. The second kappa shape index (κ2) is 6.97. The summed E-state index contributed by atoms with van der Waals surface area (Å²) >= 11 is 0. The molecular formula is C20H31N3O3. The molecule has 1 amide bonds. The van der Waals surface area contributed by atoms with E-state index in [9.17, 15) is 4.79 Å². The maximum Gasteiger partial charge on any atom is 0.410 e. The van der Waals surface area contributed by atoms with Gasteiger partial charge in [0.15, 0.2) is 0 Å². The van der Waals surface area contributed by atoms with Crippen LogP contribution in [0.1, 0.15) is 46.2 Å². The van der Waals surface area contributed by atoms with E-state index in [0.717, 1.165) is 50.4 Å². The molecule has 2 aliphatic heterocycles. The summed E-state index contributed by atoms with van der Waals surface area (Å²) in [5, 5.41) is 0. The van der Waals surface area contributed by atoms with E-state index in [4.69, 9.17) is 9.47 Å². The number of ether oxygens (including phenoxy) is 2. The number of likely N-dealkylation sites (tertiary alicyclic amines) is 1. The number of carbonyl (C=O) groups is 1. The molecule has 0 aliphatic carbocycles. The molecule has 0 aromatic carbocycles. The molecule has 144 valence electrons. The number of aryl methyl sites for hydroxylation is 1. The Bertz CT molecular complexity index is 671. The van der Waals surface area contributed by atoms with Crippen molar-refractivity contribution in [3.05, 3.63) is 17.8 Å². The summed E-state index contributed by atoms with van der Waals surface area (Å²) in [6.45, 7) is 13.8. The molecule has 1 unspecified atom stereocenters. The number of amides is 1. The number of hydrogen-bond acceptors (Lipinski definition) is 5. The van der Waals surface area contributed by atoms with Gasteiger partial charge >= 0.3 is 6.09 Å². The smallest absolute Gasteiger partial charge is 0.410 e. The van der Waals surface area contributed by atoms with Crippen molar-refractivity contribution in [3.8, 4) is 5.88 Å². The third-order valence-electron chi connectivity index (χ3n) is 5.10. The van der Waals surface area contributed by atoms with Crippen LogP contribution < -0.4 is 9.64 Å². The highest BCUT2D eigenvalue weighted by Gasteiger charge is 2.45. The number of hydrogen-bond donors (Lipinski definition) is 0. The van der Waals surface area contributed by atoms with Crippen LogP contribution in [-0.4, -0.2) is 54.4 Å². The number of carbonyl (C=O) groups excluding carboxylic acids is 1. The average Bonchev–Trinajstić information content (AvgIpc) is 3.13. The van der Waals surface area contributed by atoms with Gasteiger partial charge in [-0.15, -0.1) is 0 Å². The van der Waals surface area contributed by atoms with Crippen molar-refractivity contribution in [1.82, 2.24) is 9.88 Å². The summed E-state index contributed by atoms with van der Waals surface area (Å²) in [5.41, 5.74) is 1.85. The molecule has 1 aromatic heterocycles. The second-order valence-electron chi connectivity index (χ2n) is 8.56. The summed E-state index contributed by atoms with van der Waals surface area (Å²) in [6.07, 6.45) is 1.94. The van der Waals surface area contributed by atoms with Crippen LogP contribution in [0, 0.1) is 12.3 Å². The van der Waals surface area contributed by atoms with Gasteiger partial charge in [0.2, 0.25) is 5.88 Å². The third kappa shape index (κ3) is 4.22. The molecule has 6 heteroatoms. The van der Waals surface area contributed by atoms with Crippen LogP contribution in [0.3, 0.4) is 0 Å². The maximum atomic E-state index is 12.4. The van der Waals surface area contributed by atoms with Crippen LogP contribution in [0.5, 0.6) is 5.88 Å². The highest BCUT2D eigenvalue weighted by molar-refractivity contribution is 5.68. The molecule has 2 fully saturated rings. The van der Waals surface area contributed by atoms with Gasteiger partial charge in [-0.3, -0.25) is 0 Å². The van der Waals surface area contributed by atoms with Crippen LogP contribution in [-0.2, 0) is 4.74 Å². The molecular weight excluding hydrogens is 330 g/mol. The summed E-state index contributed by atoms with van der Waals surface area (Å²) < 4.78 is 11.1. The number of anilines is 1. The number of nitrogens with zero attached hydrogens (tertiary/aromatic N) is 3. The minimum atomic E-state index is -0.446. The van der Waals surface area contributed by atoms with Crippen LogP contribution in [0.15, 0.2) is 12.1 Å². The van der Waals surface area contributed by atoms with E-state index in [1.807, 2.05) is 45.6 Å². The third-order valence-corrected chi connectivity index (χ3v) is 5.10. The first-order valence-electron chi connectivity index (χ1n) is 9.54. The molecule has 26 heavy (non-hydrogen) atoms. The van der Waals surface area contributed by atoms with Crippen LogP contribution >= 0.6 is 0 Å². The van der Waals surface area contributed by atoms with Crippen molar-refractivity contribution in [1.29, 1.82) is 0 Å². The van der Waals surface area contributed by atoms with Gasteiger partial charge in [0.05, 0.1) is 6.61 Å². The van der Waals surface area contributed by atoms with Gasteiger partial charge in [0, 0.05) is 49.0 Å². The highest BCUT2D eigenvalue weighted by atomic mass is 16.6. The zero-order valence-corrected chi connectivity index (χ0v) is 16.7. The normalized spacial score (nSPS) is 23.0. The summed E-state index contributed by atoms with van der Waals surface area (Å²) in [4.78, 5) is 21.1. The van der Waals surface area contributed by atoms with E-state index in [1.165, 1.54) is 0 Å². The lowest BCUT2D eigenvalue weighted by Gasteiger charge is -2.27. The Morgan fingerprint density at radius 2 is 1.96 bits per heavy atom. The number of pyridine rings is 1. The average molecular weight is 361 g/mol. The predicted octanol–water partition coefficient (Wildman–Crippen LogP) is 3.63. The molecule has 1 aromatic rings. The van der Waals surface area contributed by atoms with Gasteiger partial charge in [-0.2, -0.15) is 0 Å². The first kappa shape index (κ1) is 18.8. The van der Waals surface area contributed by atoms with Gasteiger partial charge in [-0.25, -0.2) is 9.78 Å². The topological polar surface area (TPSA) is 54.9 Å². The van der Waals surface area contributed by atoms with Gasteiger partial charge in [0.25, 0.3) is 0 Å². The minimum absolute atomic E-state index is 0.167. The van der Waals surface area contributed by atoms with E-state index >= 15 is 0 Å². The molecule has 0 N–H and O–H groups in total. The minimum Gasteiger partial charge on any atom is -0.478 e. The van der Waals surface area contributed by atoms with Crippen LogP contribution in [0.2, 0.25) is 0 Å². The Morgan fingerprint density at radius 3 is 2.65 bits per heavy atom. The fourth-order valence-corrected chi connectivity index (χ4v) is 3.93. The maximum absolute atomic E-state index is 12.4. The van der Waals surface area contributed by atoms with Crippen molar-refractivity contribution in [3.63, 3.8) is 0 Å². The van der Waals surface area contributed by atoms with Crippen LogP contribution in [0.4, 0.5) is 10.5 Å². The van der Waals surface area contributed by atoms with E-state index in [2.05, 4.69) is 16.0 Å². The predicted molar refractivity (Wildman–Crippen MR) is 102 cm³/mol. The largest absolute Gasteiger partial charge is 0.478 e. The molecule has 1 atom stereocenters. The Kier molecular flexibility index (Phi) is 5.04. The first-order chi connectivity index (χ1) is 12.2. The lowest BCUT2D eigenvalue weighted by molar-refractivity contribution is 0.0276. The van der Waals surface area contributed by atoms with Crippen molar-refractivity contribution < 1.29 is 14.3 Å². The Labute approximate surface area is 156 Å². The molecule has 0 saturated carbocycles. The molecule has 3 rings (SSSR count). The second-order valence-corrected chi connectivity index (χ2v) is 8.56. The fourth-order valence-electron chi connectivity index (χ4n) is 3.93. The monoisotopic (exact) mass is 361 g/mol. The molecule has 2 aliphatic rings. The summed E-state index contributed by atoms with van der Waals surface area (Å²) in [7, 11) is 0. The van der Waals surface area contributed by atoms with E-state index in [-0.39, 0.29) is 11.5 Å². The van der Waals surface area contributed by atoms with E-state index < -0.39 is 5.60 Å². The molecule has 2 saturated heterocycles. The lowest BCUT2D eigenvalue weighted by Crippen LogP contribution is -2.37. The molecule has 6 nitrogen and oxygen atoms in total. The van der Waals surface area contributed by atoms with E-state index in [1.54, 1.807) is 0 Å². The summed E-state index contributed by atoms with van der Waals surface area (Å²) in [5.74, 6) is 0.685. The zero-order chi connectivity index (χ0) is 18.9. The lowest BCUT2D eigenvalue weighted by atomic mass is 9.86. The molecule has 1 spiro atoms. The zero-order valence-electron chi connectivity index (χ0n) is 16.7. The van der Waals surface area contributed by atoms with Crippen molar-refractivity contribution in [2.24, 2.45) is 5.41 Å². The fraction of sp³-hybridized carbons (Fsp3) is 0.700. The van der Waals surface area contributed by atoms with Gasteiger partial charge < -0.3 is 19.3 Å². The SMILES string of the molecule is CCOc1cc(N2CCC3(CCN(C(=O)OC(C)(C)C)C3)C2)cc(C)n1. The highest BCUT2D eigenvalue weighted by Crippen LogP contribution is 2.41. The number of aromatic nitrogens is 1.